The van der Waals surface area contributed by atoms with E-state index in [-0.39, 0.29) is 0 Å². The Labute approximate surface area is 102 Å². The molecule has 0 N–H and O–H groups in total. The molecule has 2 aromatic rings. The van der Waals surface area contributed by atoms with Crippen molar-refractivity contribution in [2.24, 2.45) is 0 Å². The highest BCUT2D eigenvalue weighted by Crippen LogP contribution is 2.26. The van der Waals surface area contributed by atoms with E-state index in [1.807, 2.05) is 18.2 Å². The van der Waals surface area contributed by atoms with Gasteiger partial charge < -0.3 is 4.74 Å². The van der Waals surface area contributed by atoms with E-state index in [4.69, 9.17) is 11.3 Å². The summed E-state index contributed by atoms with van der Waals surface area (Å²) >= 11 is 0. The van der Waals surface area contributed by atoms with E-state index >= 15 is 0 Å². The second-order valence-electron chi connectivity index (χ2n) is 3.97. The first-order valence-corrected chi connectivity index (χ1v) is 5.54. The summed E-state index contributed by atoms with van der Waals surface area (Å²) in [6, 6.07) is 14.2. The molecule has 0 aliphatic rings. The fourth-order valence-corrected chi connectivity index (χ4v) is 1.82. The molecule has 1 heteroatoms. The Hall–Kier alpha value is -2.02. The quantitative estimate of drug-likeness (QED) is 0.760. The number of hydrogen-bond acceptors (Lipinski definition) is 1. The van der Waals surface area contributed by atoms with Crippen molar-refractivity contribution in [3.05, 3.63) is 60.2 Å². The van der Waals surface area contributed by atoms with Gasteiger partial charge in [-0.05, 0) is 47.4 Å². The Morgan fingerprint density at radius 1 is 1.06 bits per heavy atom. The molecule has 0 aliphatic carbocycles. The second-order valence-corrected chi connectivity index (χ2v) is 3.97. The third kappa shape index (κ3) is 2.39. The lowest BCUT2D eigenvalue weighted by Gasteiger charge is -2.08. The molecule has 0 atom stereocenters. The molecule has 0 saturated heterocycles. The molecule has 0 saturated carbocycles. The predicted octanol–water partition coefficient (Wildman–Crippen LogP) is 4.12. The fourth-order valence-electron chi connectivity index (χ4n) is 1.82. The smallest absolute Gasteiger partial charge is 0.118 e. The molecule has 2 rings (SSSR count). The molecular formula is C16H15O. The number of hydrogen-bond donors (Lipinski definition) is 0. The summed E-state index contributed by atoms with van der Waals surface area (Å²) in [5.74, 6) is 0.868. The molecule has 17 heavy (non-hydrogen) atoms. The standard InChI is InChI=1S/C16H15O/c1-4-13-6-5-12(2)16(11-13)14-7-9-15(17-3)10-8-14/h1,4-11H,2-3H3. The summed E-state index contributed by atoms with van der Waals surface area (Å²) in [6.07, 6.45) is 1.62. The highest BCUT2D eigenvalue weighted by atomic mass is 16.5. The summed E-state index contributed by atoms with van der Waals surface area (Å²) in [5, 5.41) is 0. The van der Waals surface area contributed by atoms with Gasteiger partial charge in [-0.3, -0.25) is 0 Å². The highest BCUT2D eigenvalue weighted by molar-refractivity contribution is 5.70. The molecule has 1 radical (unpaired) electrons. The van der Waals surface area contributed by atoms with Crippen LogP contribution in [-0.2, 0) is 0 Å². The molecular weight excluding hydrogens is 208 g/mol. The third-order valence-corrected chi connectivity index (χ3v) is 2.86. The van der Waals surface area contributed by atoms with Crippen molar-refractivity contribution in [2.75, 3.05) is 7.11 Å². The lowest BCUT2D eigenvalue weighted by atomic mass is 9.98. The normalized spacial score (nSPS) is 10.0. The van der Waals surface area contributed by atoms with Gasteiger partial charge in [-0.15, -0.1) is 0 Å². The molecule has 0 heterocycles. The minimum atomic E-state index is 0.868. The maximum Gasteiger partial charge on any atom is 0.118 e. The first kappa shape index (κ1) is 11.5. The zero-order chi connectivity index (χ0) is 12.3. The van der Waals surface area contributed by atoms with Crippen LogP contribution in [0.1, 0.15) is 11.1 Å². The monoisotopic (exact) mass is 223 g/mol. The van der Waals surface area contributed by atoms with Crippen molar-refractivity contribution in [3.8, 4) is 16.9 Å². The minimum absolute atomic E-state index is 0.868. The van der Waals surface area contributed by atoms with E-state index in [9.17, 15) is 0 Å². The molecule has 0 amide bonds. The molecule has 1 nitrogen and oxygen atoms in total. The average Bonchev–Trinajstić information content (AvgIpc) is 2.39. The number of ether oxygens (including phenoxy) is 1. The Morgan fingerprint density at radius 3 is 2.35 bits per heavy atom. The topological polar surface area (TPSA) is 9.23 Å². The number of aryl methyl sites for hydroxylation is 1. The lowest BCUT2D eigenvalue weighted by Crippen LogP contribution is -1.86. The van der Waals surface area contributed by atoms with Crippen LogP contribution in [0.3, 0.4) is 0 Å². The first-order valence-electron chi connectivity index (χ1n) is 5.54. The van der Waals surface area contributed by atoms with Gasteiger partial charge in [0.15, 0.2) is 0 Å². The SMILES string of the molecule is [CH]=Cc1ccc(C)c(-c2ccc(OC)cc2)c1. The predicted molar refractivity (Wildman–Crippen MR) is 71.9 cm³/mol. The van der Waals surface area contributed by atoms with Crippen LogP contribution in [-0.4, -0.2) is 7.11 Å². The van der Waals surface area contributed by atoms with Crippen LogP contribution < -0.4 is 4.74 Å². The lowest BCUT2D eigenvalue weighted by molar-refractivity contribution is 0.415. The number of methoxy groups -OCH3 is 1. The summed E-state index contributed by atoms with van der Waals surface area (Å²) in [6.45, 7) is 7.64. The van der Waals surface area contributed by atoms with Crippen LogP contribution in [0.5, 0.6) is 5.75 Å². The Bertz CT molecular complexity index is 524. The number of benzene rings is 2. The molecule has 0 aliphatic heterocycles. The van der Waals surface area contributed by atoms with Gasteiger partial charge in [0, 0.05) is 0 Å². The van der Waals surface area contributed by atoms with Gasteiger partial charge in [-0.1, -0.05) is 36.9 Å². The number of rotatable bonds is 3. The van der Waals surface area contributed by atoms with Gasteiger partial charge >= 0.3 is 0 Å². The van der Waals surface area contributed by atoms with Crippen molar-refractivity contribution < 1.29 is 4.74 Å². The molecule has 2 aromatic carbocycles. The Balaban J connectivity index is 2.47. The van der Waals surface area contributed by atoms with Crippen molar-refractivity contribution >= 4 is 6.08 Å². The van der Waals surface area contributed by atoms with Gasteiger partial charge in [0.2, 0.25) is 0 Å². The van der Waals surface area contributed by atoms with E-state index in [1.165, 1.54) is 16.7 Å². The molecule has 0 aromatic heterocycles. The van der Waals surface area contributed by atoms with Gasteiger partial charge in [-0.2, -0.15) is 0 Å². The Morgan fingerprint density at radius 2 is 1.76 bits per heavy atom. The van der Waals surface area contributed by atoms with E-state index in [0.29, 0.717) is 0 Å². The maximum atomic E-state index is 5.55. The zero-order valence-electron chi connectivity index (χ0n) is 10.1. The van der Waals surface area contributed by atoms with Crippen LogP contribution in [0.4, 0.5) is 0 Å². The maximum absolute atomic E-state index is 5.55. The van der Waals surface area contributed by atoms with E-state index in [0.717, 1.165) is 11.3 Å². The summed E-state index contributed by atoms with van der Waals surface area (Å²) in [4.78, 5) is 0. The summed E-state index contributed by atoms with van der Waals surface area (Å²) in [7, 11) is 1.67. The minimum Gasteiger partial charge on any atom is -0.497 e. The third-order valence-electron chi connectivity index (χ3n) is 2.86. The van der Waals surface area contributed by atoms with Crippen molar-refractivity contribution in [1.82, 2.24) is 0 Å². The average molecular weight is 223 g/mol. The summed E-state index contributed by atoms with van der Waals surface area (Å²) < 4.78 is 5.15. The van der Waals surface area contributed by atoms with E-state index < -0.39 is 0 Å². The van der Waals surface area contributed by atoms with Gasteiger partial charge in [0.1, 0.15) is 5.75 Å². The van der Waals surface area contributed by atoms with Crippen LogP contribution in [0, 0.1) is 13.5 Å². The summed E-state index contributed by atoms with van der Waals surface area (Å²) in [5.41, 5.74) is 4.64. The van der Waals surface area contributed by atoms with Crippen LogP contribution in [0.15, 0.2) is 42.5 Å². The van der Waals surface area contributed by atoms with Gasteiger partial charge in [0.25, 0.3) is 0 Å². The van der Waals surface area contributed by atoms with Crippen LogP contribution in [0.25, 0.3) is 17.2 Å². The molecule has 0 bridgehead atoms. The molecule has 0 unspecified atom stereocenters. The first-order chi connectivity index (χ1) is 8.24. The fraction of sp³-hybridized carbons (Fsp3) is 0.125. The molecule has 0 fully saturated rings. The van der Waals surface area contributed by atoms with E-state index in [1.54, 1.807) is 13.2 Å². The van der Waals surface area contributed by atoms with Gasteiger partial charge in [-0.25, -0.2) is 0 Å². The zero-order valence-corrected chi connectivity index (χ0v) is 10.1. The van der Waals surface area contributed by atoms with Crippen molar-refractivity contribution in [2.45, 2.75) is 6.92 Å². The van der Waals surface area contributed by atoms with Crippen molar-refractivity contribution in [3.63, 3.8) is 0 Å². The van der Waals surface area contributed by atoms with E-state index in [2.05, 4.69) is 31.2 Å². The largest absolute Gasteiger partial charge is 0.497 e. The highest BCUT2D eigenvalue weighted by Gasteiger charge is 2.02. The molecule has 0 spiro atoms. The Kier molecular flexibility index (Phi) is 3.29. The van der Waals surface area contributed by atoms with Crippen molar-refractivity contribution in [1.29, 1.82) is 0 Å². The van der Waals surface area contributed by atoms with Gasteiger partial charge in [0.05, 0.1) is 7.11 Å². The van der Waals surface area contributed by atoms with Crippen LogP contribution >= 0.6 is 0 Å². The van der Waals surface area contributed by atoms with Crippen LogP contribution in [0.2, 0.25) is 0 Å². The second kappa shape index (κ2) is 4.88. The molecule has 85 valence electrons.